The molecule has 0 bridgehead atoms. The standard InChI is InChI=1S/C27H35Cl2F2N3O4/c1-2-15(9-11-35)12-22-27(32,19-7-6-16(28)13-21(19)30)23(18-4-3-5-20(29)24(18)31)25(34-22)26(38)33-10-8-17(37)14-36/h3-7,13,15,17,22-23,25,34-37H,2,8-12,14,32H2,1H3,(H,33,38)/t15-,17-,22-,23-,25+,27+/m0/s1. The first-order valence-corrected chi connectivity index (χ1v) is 13.5. The molecule has 2 aromatic carbocycles. The number of benzene rings is 2. The van der Waals surface area contributed by atoms with Crippen LogP contribution >= 0.6 is 23.2 Å². The molecule has 0 spiro atoms. The molecule has 0 aliphatic carbocycles. The maximum atomic E-state index is 15.5. The van der Waals surface area contributed by atoms with Gasteiger partial charge >= 0.3 is 0 Å². The fourth-order valence-corrected chi connectivity index (χ4v) is 5.74. The van der Waals surface area contributed by atoms with Gasteiger partial charge in [0.1, 0.15) is 11.6 Å². The fraction of sp³-hybridized carbons (Fsp3) is 0.519. The number of amides is 1. The Morgan fingerprint density at radius 1 is 1.21 bits per heavy atom. The van der Waals surface area contributed by atoms with Crippen LogP contribution in [0.1, 0.15) is 49.7 Å². The molecule has 7 nitrogen and oxygen atoms in total. The summed E-state index contributed by atoms with van der Waals surface area (Å²) in [4.78, 5) is 13.5. The van der Waals surface area contributed by atoms with Crippen LogP contribution in [0.4, 0.5) is 8.78 Å². The van der Waals surface area contributed by atoms with Crippen molar-refractivity contribution in [2.75, 3.05) is 19.8 Å². The number of nitrogens with two attached hydrogens (primary N) is 1. The summed E-state index contributed by atoms with van der Waals surface area (Å²) in [6.45, 7) is 1.49. The minimum atomic E-state index is -1.62. The lowest BCUT2D eigenvalue weighted by Crippen LogP contribution is -2.52. The van der Waals surface area contributed by atoms with E-state index in [2.05, 4.69) is 10.6 Å². The van der Waals surface area contributed by atoms with Crippen molar-refractivity contribution >= 4 is 29.1 Å². The second kappa shape index (κ2) is 13.5. The lowest BCUT2D eigenvalue weighted by atomic mass is 9.69. The molecule has 0 unspecified atom stereocenters. The minimum absolute atomic E-state index is 0.0119. The molecule has 6 atom stereocenters. The van der Waals surface area contributed by atoms with Crippen molar-refractivity contribution in [2.24, 2.45) is 11.7 Å². The molecule has 2 aromatic rings. The van der Waals surface area contributed by atoms with E-state index in [0.29, 0.717) is 19.3 Å². The van der Waals surface area contributed by atoms with Crippen LogP contribution < -0.4 is 16.4 Å². The fourth-order valence-electron chi connectivity index (χ4n) is 5.39. The molecular formula is C27H35Cl2F2N3O4. The zero-order valence-corrected chi connectivity index (χ0v) is 22.7. The van der Waals surface area contributed by atoms with Crippen LogP contribution in [0.25, 0.3) is 0 Å². The highest BCUT2D eigenvalue weighted by molar-refractivity contribution is 6.31. The molecule has 0 radical (unpaired) electrons. The highest BCUT2D eigenvalue weighted by Gasteiger charge is 2.58. The molecule has 1 heterocycles. The summed E-state index contributed by atoms with van der Waals surface area (Å²) in [5.74, 6) is -3.08. The quantitative estimate of drug-likeness (QED) is 0.231. The third kappa shape index (κ3) is 6.47. The average Bonchev–Trinajstić information content (AvgIpc) is 3.17. The first-order valence-electron chi connectivity index (χ1n) is 12.7. The van der Waals surface area contributed by atoms with Crippen molar-refractivity contribution in [1.29, 1.82) is 0 Å². The Labute approximate surface area is 231 Å². The molecule has 0 aromatic heterocycles. The normalized spacial score (nSPS) is 24.8. The smallest absolute Gasteiger partial charge is 0.237 e. The number of rotatable bonds is 12. The van der Waals surface area contributed by atoms with Crippen molar-refractivity contribution in [1.82, 2.24) is 10.6 Å². The van der Waals surface area contributed by atoms with Gasteiger partial charge in [0.05, 0.1) is 29.3 Å². The molecule has 1 saturated heterocycles. The van der Waals surface area contributed by atoms with Crippen molar-refractivity contribution in [3.05, 3.63) is 69.2 Å². The summed E-state index contributed by atoms with van der Waals surface area (Å²) in [7, 11) is 0. The third-order valence-electron chi connectivity index (χ3n) is 7.47. The van der Waals surface area contributed by atoms with Crippen LogP contribution in [0.2, 0.25) is 10.0 Å². The lowest BCUT2D eigenvalue weighted by molar-refractivity contribution is -0.123. The van der Waals surface area contributed by atoms with Crippen LogP contribution in [0, 0.1) is 17.6 Å². The number of nitrogens with one attached hydrogen (secondary N) is 2. The van der Waals surface area contributed by atoms with Crippen LogP contribution in [-0.4, -0.2) is 59.2 Å². The van der Waals surface area contributed by atoms with E-state index in [9.17, 15) is 15.0 Å². The Hall–Kier alpha value is -1.85. The van der Waals surface area contributed by atoms with E-state index in [-0.39, 0.29) is 46.7 Å². The monoisotopic (exact) mass is 573 g/mol. The Kier molecular flexibility index (Phi) is 10.9. The van der Waals surface area contributed by atoms with Gasteiger partial charge in [0.15, 0.2) is 0 Å². The number of carbonyl (C=O) groups is 1. The topological polar surface area (TPSA) is 128 Å². The number of aliphatic hydroxyl groups is 3. The van der Waals surface area contributed by atoms with E-state index in [1.165, 1.54) is 24.3 Å². The van der Waals surface area contributed by atoms with E-state index >= 15 is 8.78 Å². The molecule has 11 heteroatoms. The summed E-state index contributed by atoms with van der Waals surface area (Å²) < 4.78 is 31.1. The average molecular weight is 574 g/mol. The zero-order chi connectivity index (χ0) is 28.0. The largest absolute Gasteiger partial charge is 0.396 e. The van der Waals surface area contributed by atoms with Gasteiger partial charge in [-0.1, -0.05) is 54.7 Å². The molecule has 210 valence electrons. The predicted molar refractivity (Wildman–Crippen MR) is 143 cm³/mol. The number of hydrogen-bond acceptors (Lipinski definition) is 6. The van der Waals surface area contributed by atoms with E-state index in [1.54, 1.807) is 6.07 Å². The molecule has 38 heavy (non-hydrogen) atoms. The van der Waals surface area contributed by atoms with Crippen LogP contribution in [-0.2, 0) is 10.3 Å². The Bertz CT molecular complexity index is 1110. The van der Waals surface area contributed by atoms with E-state index in [1.807, 2.05) is 6.92 Å². The minimum Gasteiger partial charge on any atom is -0.396 e. The summed E-state index contributed by atoms with van der Waals surface area (Å²) in [6.07, 6.45) is 0.634. The van der Waals surface area contributed by atoms with E-state index in [4.69, 9.17) is 34.0 Å². The van der Waals surface area contributed by atoms with E-state index < -0.39 is 53.8 Å². The number of halogens is 4. The summed E-state index contributed by atoms with van der Waals surface area (Å²) >= 11 is 12.1. The number of hydrogen-bond donors (Lipinski definition) is 6. The van der Waals surface area contributed by atoms with Crippen LogP contribution in [0.5, 0.6) is 0 Å². The zero-order valence-electron chi connectivity index (χ0n) is 21.1. The van der Waals surface area contributed by atoms with E-state index in [0.717, 1.165) is 6.07 Å². The number of aliphatic hydroxyl groups excluding tert-OH is 3. The third-order valence-corrected chi connectivity index (χ3v) is 8.00. The molecule has 3 rings (SSSR count). The van der Waals surface area contributed by atoms with Crippen molar-refractivity contribution in [3.63, 3.8) is 0 Å². The maximum Gasteiger partial charge on any atom is 0.237 e. The molecule has 1 aliphatic rings. The highest BCUT2D eigenvalue weighted by Crippen LogP contribution is 2.49. The van der Waals surface area contributed by atoms with Gasteiger partial charge in [-0.05, 0) is 48.9 Å². The Morgan fingerprint density at radius 3 is 2.58 bits per heavy atom. The highest BCUT2D eigenvalue weighted by atomic mass is 35.5. The maximum absolute atomic E-state index is 15.5. The van der Waals surface area contributed by atoms with Crippen molar-refractivity contribution < 1.29 is 28.9 Å². The SMILES string of the molecule is CC[C@@H](CCO)C[C@@H]1N[C@@H](C(=O)NCC[C@H](O)CO)[C@H](c2cccc(Cl)c2F)[C@@]1(N)c1ccc(Cl)cc1F. The molecule has 7 N–H and O–H groups in total. The second-order valence-corrected chi connectivity index (χ2v) is 10.7. The molecular weight excluding hydrogens is 539 g/mol. The summed E-state index contributed by atoms with van der Waals surface area (Å²) in [5, 5.41) is 34.3. The molecule has 0 saturated carbocycles. The van der Waals surface area contributed by atoms with Gasteiger partial charge < -0.3 is 31.7 Å². The van der Waals surface area contributed by atoms with Gasteiger partial charge in [0.2, 0.25) is 5.91 Å². The summed E-state index contributed by atoms with van der Waals surface area (Å²) in [5.41, 5.74) is 5.62. The number of carbonyl (C=O) groups excluding carboxylic acids is 1. The van der Waals surface area contributed by atoms with Gasteiger partial charge in [-0.15, -0.1) is 0 Å². The van der Waals surface area contributed by atoms with Gasteiger partial charge in [-0.2, -0.15) is 0 Å². The lowest BCUT2D eigenvalue weighted by Gasteiger charge is -2.39. The van der Waals surface area contributed by atoms with Crippen LogP contribution in [0.15, 0.2) is 36.4 Å². The van der Waals surface area contributed by atoms with Gasteiger partial charge in [-0.3, -0.25) is 4.79 Å². The first-order chi connectivity index (χ1) is 18.1. The van der Waals surface area contributed by atoms with Crippen molar-refractivity contribution in [2.45, 2.75) is 62.3 Å². The molecule has 1 fully saturated rings. The second-order valence-electron chi connectivity index (χ2n) is 9.81. The Balaban J connectivity index is 2.16. The summed E-state index contributed by atoms with van der Waals surface area (Å²) in [6, 6.07) is 6.68. The molecule has 1 amide bonds. The van der Waals surface area contributed by atoms with Gasteiger partial charge in [0.25, 0.3) is 0 Å². The molecule has 1 aliphatic heterocycles. The van der Waals surface area contributed by atoms with Gasteiger partial charge in [-0.25, -0.2) is 8.78 Å². The first kappa shape index (κ1) is 30.7. The van der Waals surface area contributed by atoms with Crippen molar-refractivity contribution in [3.8, 4) is 0 Å². The predicted octanol–water partition coefficient (Wildman–Crippen LogP) is 3.21. The van der Waals surface area contributed by atoms with Crippen LogP contribution in [0.3, 0.4) is 0 Å². The van der Waals surface area contributed by atoms with Gasteiger partial charge in [0, 0.05) is 35.7 Å². The Morgan fingerprint density at radius 2 is 1.95 bits per heavy atom.